The summed E-state index contributed by atoms with van der Waals surface area (Å²) in [7, 11) is 0. The van der Waals surface area contributed by atoms with Crippen LogP contribution in [0.1, 0.15) is 33.4 Å². The number of nitrogens with zero attached hydrogens (tertiary/aromatic N) is 4. The van der Waals surface area contributed by atoms with E-state index in [1.807, 2.05) is 24.3 Å². The average molecular weight is 571 g/mol. The van der Waals surface area contributed by atoms with Crippen LogP contribution >= 0.6 is 0 Å². The molecule has 0 N–H and O–H groups in total. The van der Waals surface area contributed by atoms with E-state index in [0.29, 0.717) is 28.2 Å². The van der Waals surface area contributed by atoms with Gasteiger partial charge in [0.25, 0.3) is 0 Å². The summed E-state index contributed by atoms with van der Waals surface area (Å²) in [5.74, 6) is 0.604. The van der Waals surface area contributed by atoms with Gasteiger partial charge in [0.15, 0.2) is 5.82 Å². The van der Waals surface area contributed by atoms with Crippen LogP contribution in [0.5, 0.6) is 0 Å². The molecular weight excluding hydrogens is 548 g/mol. The molecule has 0 saturated heterocycles. The van der Waals surface area contributed by atoms with Crippen molar-refractivity contribution >= 4 is 10.9 Å². The van der Waals surface area contributed by atoms with Crippen LogP contribution < -0.4 is 0 Å². The summed E-state index contributed by atoms with van der Waals surface area (Å²) in [5.41, 5.74) is 13.4. The molecule has 0 amide bonds. The van der Waals surface area contributed by atoms with Crippen LogP contribution in [0.15, 0.2) is 133 Å². The number of aromatic nitrogens is 2. The van der Waals surface area contributed by atoms with Gasteiger partial charge >= 0.3 is 0 Å². The first-order valence-electron chi connectivity index (χ1n) is 14.9. The van der Waals surface area contributed by atoms with E-state index >= 15 is 0 Å². The number of rotatable bonds is 2. The first kappa shape index (κ1) is 25.2. The third kappa shape index (κ3) is 3.34. The first-order chi connectivity index (χ1) is 22.2. The van der Waals surface area contributed by atoms with Gasteiger partial charge in [-0.2, -0.15) is 10.5 Å². The lowest BCUT2D eigenvalue weighted by Crippen LogP contribution is -2.25. The lowest BCUT2D eigenvalue weighted by molar-refractivity contribution is 0.794. The van der Waals surface area contributed by atoms with E-state index in [2.05, 4.69) is 103 Å². The molecule has 0 aliphatic heterocycles. The Morgan fingerprint density at radius 3 is 1.69 bits per heavy atom. The average Bonchev–Trinajstić information content (AvgIpc) is 3.58. The second kappa shape index (κ2) is 9.32. The molecule has 2 aliphatic rings. The summed E-state index contributed by atoms with van der Waals surface area (Å²) < 4.78 is 0. The van der Waals surface area contributed by atoms with Crippen molar-refractivity contribution < 1.29 is 0 Å². The topological polar surface area (TPSA) is 73.4 Å². The Morgan fingerprint density at radius 1 is 0.489 bits per heavy atom. The number of para-hydroxylation sites is 1. The second-order valence-electron chi connectivity index (χ2n) is 11.6. The van der Waals surface area contributed by atoms with E-state index < -0.39 is 5.41 Å². The molecule has 1 heterocycles. The molecule has 9 rings (SSSR count). The Hall–Kier alpha value is -6.36. The van der Waals surface area contributed by atoms with Crippen LogP contribution in [0.2, 0.25) is 0 Å². The molecule has 0 atom stereocenters. The summed E-state index contributed by atoms with van der Waals surface area (Å²) in [6, 6.07) is 50.3. The number of hydrogen-bond donors (Lipinski definition) is 0. The van der Waals surface area contributed by atoms with Gasteiger partial charge in [-0.3, -0.25) is 0 Å². The zero-order valence-electron chi connectivity index (χ0n) is 24.0. The maximum atomic E-state index is 9.72. The molecule has 45 heavy (non-hydrogen) atoms. The SMILES string of the molecule is N#Cc1cc(C#N)cc(-c2nc(-c3cccc4c3-c3ccccc3C43c4ccccc4-c4ccccc43)nc3ccccc23)c1. The maximum Gasteiger partial charge on any atom is 0.161 e. The fraction of sp³-hybridized carbons (Fsp3) is 0.0244. The molecule has 2 aliphatic carbocycles. The zero-order valence-corrected chi connectivity index (χ0v) is 24.0. The van der Waals surface area contributed by atoms with Gasteiger partial charge in [-0.15, -0.1) is 0 Å². The molecule has 7 aromatic rings. The third-order valence-electron chi connectivity index (χ3n) is 9.33. The fourth-order valence-corrected chi connectivity index (χ4v) is 7.64. The predicted octanol–water partition coefficient (Wildman–Crippen LogP) is 9.05. The number of nitriles is 2. The van der Waals surface area contributed by atoms with Crippen molar-refractivity contribution in [1.29, 1.82) is 10.5 Å². The minimum absolute atomic E-state index is 0.420. The van der Waals surface area contributed by atoms with Gasteiger partial charge in [0.1, 0.15) is 0 Å². The Bertz CT molecular complexity index is 2400. The van der Waals surface area contributed by atoms with Gasteiger partial charge in [0.2, 0.25) is 0 Å². The lowest BCUT2D eigenvalue weighted by atomic mass is 9.70. The van der Waals surface area contributed by atoms with E-state index in [1.54, 1.807) is 18.2 Å². The van der Waals surface area contributed by atoms with Gasteiger partial charge < -0.3 is 0 Å². The summed E-state index contributed by atoms with van der Waals surface area (Å²) in [4.78, 5) is 10.3. The fourth-order valence-electron chi connectivity index (χ4n) is 7.64. The summed E-state index contributed by atoms with van der Waals surface area (Å²) in [6.45, 7) is 0. The summed E-state index contributed by atoms with van der Waals surface area (Å²) >= 11 is 0. The highest BCUT2D eigenvalue weighted by Gasteiger charge is 2.52. The van der Waals surface area contributed by atoms with Crippen molar-refractivity contribution in [3.8, 4) is 57.0 Å². The van der Waals surface area contributed by atoms with E-state index in [9.17, 15) is 10.5 Å². The van der Waals surface area contributed by atoms with Crippen molar-refractivity contribution in [1.82, 2.24) is 9.97 Å². The van der Waals surface area contributed by atoms with E-state index in [1.165, 1.54) is 38.9 Å². The maximum absolute atomic E-state index is 9.72. The molecule has 0 saturated carbocycles. The van der Waals surface area contributed by atoms with Crippen LogP contribution in [0.25, 0.3) is 55.8 Å². The van der Waals surface area contributed by atoms with Gasteiger partial charge in [-0.05, 0) is 68.8 Å². The quantitative estimate of drug-likeness (QED) is 0.208. The minimum atomic E-state index is -0.461. The molecule has 0 radical (unpaired) electrons. The highest BCUT2D eigenvalue weighted by molar-refractivity contribution is 6.00. The Balaban J connectivity index is 1.37. The summed E-state index contributed by atoms with van der Waals surface area (Å²) in [6.07, 6.45) is 0. The van der Waals surface area contributed by atoms with Crippen LogP contribution in [-0.4, -0.2) is 9.97 Å². The van der Waals surface area contributed by atoms with Crippen molar-refractivity contribution in [3.05, 3.63) is 167 Å². The van der Waals surface area contributed by atoms with Gasteiger partial charge in [-0.1, -0.05) is 109 Å². The normalized spacial score (nSPS) is 13.0. The molecule has 1 spiro atoms. The minimum Gasteiger partial charge on any atom is -0.228 e. The molecule has 6 aromatic carbocycles. The van der Waals surface area contributed by atoms with Crippen LogP contribution in [0, 0.1) is 22.7 Å². The van der Waals surface area contributed by atoms with Crippen molar-refractivity contribution in [2.24, 2.45) is 0 Å². The van der Waals surface area contributed by atoms with E-state index in [4.69, 9.17) is 9.97 Å². The number of hydrogen-bond acceptors (Lipinski definition) is 4. The molecular formula is C41H22N4. The Labute approximate surface area is 260 Å². The predicted molar refractivity (Wildman–Crippen MR) is 176 cm³/mol. The van der Waals surface area contributed by atoms with Crippen LogP contribution in [0.3, 0.4) is 0 Å². The molecule has 4 heteroatoms. The molecule has 206 valence electrons. The van der Waals surface area contributed by atoms with E-state index in [0.717, 1.165) is 22.0 Å². The smallest absolute Gasteiger partial charge is 0.161 e. The zero-order chi connectivity index (χ0) is 30.1. The Kier molecular flexibility index (Phi) is 5.21. The number of benzene rings is 6. The van der Waals surface area contributed by atoms with Gasteiger partial charge in [0, 0.05) is 16.5 Å². The van der Waals surface area contributed by atoms with Crippen LogP contribution in [0.4, 0.5) is 0 Å². The Morgan fingerprint density at radius 2 is 1.02 bits per heavy atom. The third-order valence-corrected chi connectivity index (χ3v) is 9.33. The van der Waals surface area contributed by atoms with Crippen molar-refractivity contribution in [2.45, 2.75) is 5.41 Å². The van der Waals surface area contributed by atoms with Gasteiger partial charge in [-0.25, -0.2) is 9.97 Å². The molecule has 0 bridgehead atoms. The highest BCUT2D eigenvalue weighted by Crippen LogP contribution is 2.63. The van der Waals surface area contributed by atoms with Crippen molar-refractivity contribution in [2.75, 3.05) is 0 Å². The monoisotopic (exact) mass is 570 g/mol. The van der Waals surface area contributed by atoms with Gasteiger partial charge in [0.05, 0.1) is 39.9 Å². The molecule has 0 fully saturated rings. The largest absolute Gasteiger partial charge is 0.228 e. The molecule has 1 aromatic heterocycles. The van der Waals surface area contributed by atoms with Crippen LogP contribution in [-0.2, 0) is 5.41 Å². The number of fused-ring (bicyclic) bond motifs is 11. The molecule has 0 unspecified atom stereocenters. The standard InChI is InChI=1S/C41H22N4/c42-23-25-20-26(24-43)22-27(21-25)39-31-13-4-8-19-37(31)44-40(45-39)32-14-9-18-36-38(32)30-12-3-7-17-35(30)41(36)33-15-5-1-10-28(33)29-11-2-6-16-34(29)41/h1-22H. The second-order valence-corrected chi connectivity index (χ2v) is 11.6. The first-order valence-corrected chi connectivity index (χ1v) is 14.9. The van der Waals surface area contributed by atoms with E-state index in [-0.39, 0.29) is 0 Å². The van der Waals surface area contributed by atoms with Crippen molar-refractivity contribution in [3.63, 3.8) is 0 Å². The highest BCUT2D eigenvalue weighted by atomic mass is 14.9. The summed E-state index contributed by atoms with van der Waals surface area (Å²) in [5, 5.41) is 20.3. The molecule has 4 nitrogen and oxygen atoms in total. The lowest BCUT2D eigenvalue weighted by Gasteiger charge is -2.30.